The Labute approximate surface area is 130 Å². The van der Waals surface area contributed by atoms with Crippen LogP contribution in [0.1, 0.15) is 26.3 Å². The van der Waals surface area contributed by atoms with Gasteiger partial charge in [-0.15, -0.1) is 0 Å². The van der Waals surface area contributed by atoms with Crippen molar-refractivity contribution in [2.45, 2.75) is 44.5 Å². The summed E-state index contributed by atoms with van der Waals surface area (Å²) in [5.74, 6) is 0.0465. The fourth-order valence-corrected chi connectivity index (χ4v) is 4.81. The Bertz CT molecular complexity index is 583. The zero-order valence-electron chi connectivity index (χ0n) is 12.6. The SMILES string of the molecule is C[C@H](Cc1ccsc1)NC(=O)N1CCS(=O)(=O)[C@H](C)[C@H]1C. The van der Waals surface area contributed by atoms with E-state index in [4.69, 9.17) is 0 Å². The number of sulfone groups is 1. The van der Waals surface area contributed by atoms with Crippen LogP contribution >= 0.6 is 11.3 Å². The lowest BCUT2D eigenvalue weighted by atomic mass is 10.1. The predicted octanol–water partition coefficient (Wildman–Crippen LogP) is 1.90. The monoisotopic (exact) mass is 330 g/mol. The lowest BCUT2D eigenvalue weighted by Gasteiger charge is -2.38. The van der Waals surface area contributed by atoms with Crippen LogP contribution in [0.4, 0.5) is 4.79 Å². The number of urea groups is 1. The van der Waals surface area contributed by atoms with E-state index in [2.05, 4.69) is 10.7 Å². The van der Waals surface area contributed by atoms with Crippen molar-refractivity contribution in [3.8, 4) is 0 Å². The van der Waals surface area contributed by atoms with Gasteiger partial charge in [-0.25, -0.2) is 13.2 Å². The molecule has 0 bridgehead atoms. The van der Waals surface area contributed by atoms with Gasteiger partial charge in [-0.3, -0.25) is 0 Å². The van der Waals surface area contributed by atoms with E-state index in [0.717, 1.165) is 6.42 Å². The molecule has 1 N–H and O–H groups in total. The highest BCUT2D eigenvalue weighted by Gasteiger charge is 2.38. The third kappa shape index (κ3) is 3.77. The summed E-state index contributed by atoms with van der Waals surface area (Å²) in [6.07, 6.45) is 0.783. The number of thiophene rings is 1. The standard InChI is InChI=1S/C14H22N2O3S2/c1-10(8-13-4-6-20-9-13)15-14(17)16-5-7-21(18,19)12(3)11(16)2/h4,6,9-12H,5,7-8H2,1-3H3,(H,15,17)/t10-,11-,12-/m1/s1. The zero-order valence-corrected chi connectivity index (χ0v) is 14.2. The lowest BCUT2D eigenvalue weighted by molar-refractivity contribution is 0.175. The Kier molecular flexibility index (Phi) is 4.93. The molecule has 2 rings (SSSR count). The second-order valence-electron chi connectivity index (χ2n) is 5.69. The molecule has 21 heavy (non-hydrogen) atoms. The van der Waals surface area contributed by atoms with Gasteiger partial charge >= 0.3 is 6.03 Å². The van der Waals surface area contributed by atoms with Gasteiger partial charge in [-0.05, 0) is 49.6 Å². The summed E-state index contributed by atoms with van der Waals surface area (Å²) in [7, 11) is -3.07. The van der Waals surface area contributed by atoms with Crippen LogP contribution in [0.25, 0.3) is 0 Å². The molecule has 2 amide bonds. The molecule has 0 aromatic carbocycles. The molecule has 5 nitrogen and oxygen atoms in total. The molecule has 0 aliphatic carbocycles. The molecule has 1 aliphatic rings. The van der Waals surface area contributed by atoms with Crippen molar-refractivity contribution in [1.29, 1.82) is 0 Å². The first-order valence-electron chi connectivity index (χ1n) is 7.11. The van der Waals surface area contributed by atoms with Crippen LogP contribution in [0.15, 0.2) is 16.8 Å². The van der Waals surface area contributed by atoms with Crippen LogP contribution < -0.4 is 5.32 Å². The van der Waals surface area contributed by atoms with E-state index < -0.39 is 15.1 Å². The summed E-state index contributed by atoms with van der Waals surface area (Å²) in [6, 6.07) is 1.60. The number of rotatable bonds is 3. The van der Waals surface area contributed by atoms with E-state index in [-0.39, 0.29) is 30.4 Å². The van der Waals surface area contributed by atoms with Crippen molar-refractivity contribution in [2.75, 3.05) is 12.3 Å². The Morgan fingerprint density at radius 2 is 2.24 bits per heavy atom. The summed E-state index contributed by atoms with van der Waals surface area (Å²) in [4.78, 5) is 14.0. The average molecular weight is 330 g/mol. The van der Waals surface area contributed by atoms with E-state index >= 15 is 0 Å². The number of amides is 2. The normalized spacial score (nSPS) is 26.3. The van der Waals surface area contributed by atoms with Crippen molar-refractivity contribution in [1.82, 2.24) is 10.2 Å². The van der Waals surface area contributed by atoms with Crippen molar-refractivity contribution < 1.29 is 13.2 Å². The van der Waals surface area contributed by atoms with Crippen molar-refractivity contribution in [3.05, 3.63) is 22.4 Å². The van der Waals surface area contributed by atoms with Gasteiger partial charge in [-0.1, -0.05) is 0 Å². The molecule has 0 spiro atoms. The fourth-order valence-electron chi connectivity index (χ4n) is 2.56. The number of nitrogens with one attached hydrogen (secondary N) is 1. The molecule has 0 saturated carbocycles. The Hall–Kier alpha value is -1.08. The highest BCUT2D eigenvalue weighted by atomic mass is 32.2. The number of nitrogens with zero attached hydrogens (tertiary/aromatic N) is 1. The summed E-state index contributed by atoms with van der Waals surface area (Å²) in [6.45, 7) is 5.70. The van der Waals surface area contributed by atoms with Gasteiger partial charge in [0, 0.05) is 18.6 Å². The quantitative estimate of drug-likeness (QED) is 0.920. The third-order valence-corrected chi connectivity index (χ3v) is 7.12. The van der Waals surface area contributed by atoms with Crippen molar-refractivity contribution >= 4 is 27.2 Å². The Morgan fingerprint density at radius 1 is 1.52 bits per heavy atom. The first-order valence-corrected chi connectivity index (χ1v) is 9.77. The minimum Gasteiger partial charge on any atom is -0.335 e. The van der Waals surface area contributed by atoms with Gasteiger partial charge in [0.1, 0.15) is 0 Å². The molecule has 1 aromatic rings. The second kappa shape index (κ2) is 6.36. The largest absolute Gasteiger partial charge is 0.335 e. The molecule has 1 aromatic heterocycles. The van der Waals surface area contributed by atoms with E-state index in [1.807, 2.05) is 18.4 Å². The number of hydrogen-bond donors (Lipinski definition) is 1. The van der Waals surface area contributed by atoms with Crippen LogP contribution in [0, 0.1) is 0 Å². The molecular formula is C14H22N2O3S2. The summed E-state index contributed by atoms with van der Waals surface area (Å²) in [5, 5.41) is 6.54. The Morgan fingerprint density at radius 3 is 2.86 bits per heavy atom. The number of carbonyl (C=O) groups excluding carboxylic acids is 1. The number of carbonyl (C=O) groups is 1. The molecule has 2 heterocycles. The van der Waals surface area contributed by atoms with Gasteiger partial charge in [0.25, 0.3) is 0 Å². The Balaban J connectivity index is 1.94. The molecule has 3 atom stereocenters. The lowest BCUT2D eigenvalue weighted by Crippen LogP contribution is -2.57. The van der Waals surface area contributed by atoms with E-state index in [1.165, 1.54) is 5.56 Å². The van der Waals surface area contributed by atoms with Crippen LogP contribution in [0.5, 0.6) is 0 Å². The predicted molar refractivity (Wildman–Crippen MR) is 85.4 cm³/mol. The van der Waals surface area contributed by atoms with Crippen LogP contribution in [-0.4, -0.2) is 49.0 Å². The summed E-state index contributed by atoms with van der Waals surface area (Å²) in [5.41, 5.74) is 1.20. The summed E-state index contributed by atoms with van der Waals surface area (Å²) >= 11 is 1.64. The molecule has 0 radical (unpaired) electrons. The first kappa shape index (κ1) is 16.3. The van der Waals surface area contributed by atoms with Gasteiger partial charge in [0.2, 0.25) is 0 Å². The second-order valence-corrected chi connectivity index (χ2v) is 8.95. The maximum Gasteiger partial charge on any atom is 0.317 e. The maximum atomic E-state index is 12.3. The smallest absolute Gasteiger partial charge is 0.317 e. The minimum absolute atomic E-state index is 0.0214. The molecule has 118 valence electrons. The van der Waals surface area contributed by atoms with Gasteiger partial charge in [0.15, 0.2) is 9.84 Å². The average Bonchev–Trinajstić information content (AvgIpc) is 2.88. The topological polar surface area (TPSA) is 66.5 Å². The molecule has 1 fully saturated rings. The van der Waals surface area contributed by atoms with Gasteiger partial charge in [-0.2, -0.15) is 11.3 Å². The van der Waals surface area contributed by atoms with E-state index in [0.29, 0.717) is 0 Å². The molecule has 1 aliphatic heterocycles. The highest BCUT2D eigenvalue weighted by molar-refractivity contribution is 7.92. The van der Waals surface area contributed by atoms with Crippen molar-refractivity contribution in [2.24, 2.45) is 0 Å². The van der Waals surface area contributed by atoms with E-state index in [1.54, 1.807) is 30.1 Å². The van der Waals surface area contributed by atoms with Gasteiger partial charge < -0.3 is 10.2 Å². The third-order valence-electron chi connectivity index (χ3n) is 4.11. The fraction of sp³-hybridized carbons (Fsp3) is 0.643. The van der Waals surface area contributed by atoms with Crippen molar-refractivity contribution in [3.63, 3.8) is 0 Å². The molecule has 1 saturated heterocycles. The first-order chi connectivity index (χ1) is 9.81. The summed E-state index contributed by atoms with van der Waals surface area (Å²) < 4.78 is 23.7. The molecule has 7 heteroatoms. The van der Waals surface area contributed by atoms with Crippen LogP contribution in [0.3, 0.4) is 0 Å². The minimum atomic E-state index is -3.07. The maximum absolute atomic E-state index is 12.3. The zero-order chi connectivity index (χ0) is 15.6. The van der Waals surface area contributed by atoms with Crippen LogP contribution in [-0.2, 0) is 16.3 Å². The number of hydrogen-bond acceptors (Lipinski definition) is 4. The molecular weight excluding hydrogens is 308 g/mol. The van der Waals surface area contributed by atoms with Crippen LogP contribution in [0.2, 0.25) is 0 Å². The van der Waals surface area contributed by atoms with Gasteiger partial charge in [0.05, 0.1) is 11.0 Å². The van der Waals surface area contributed by atoms with E-state index in [9.17, 15) is 13.2 Å². The molecule has 0 unspecified atom stereocenters. The highest BCUT2D eigenvalue weighted by Crippen LogP contribution is 2.19.